The topological polar surface area (TPSA) is 61.4 Å². The standard InChI is InChI=1S/C17H24ClN3O2/c1-2-9-19-16(22)8-10-20-17(23)21-11-4-7-15(21)13-5-3-6-14(18)12-13/h3,5-6,12,15H,2,4,7-11H2,1H3,(H,19,22)(H,20,23). The van der Waals surface area contributed by atoms with E-state index >= 15 is 0 Å². The van der Waals surface area contributed by atoms with Gasteiger partial charge in [-0.1, -0.05) is 30.7 Å². The molecule has 1 aliphatic heterocycles. The molecule has 1 fully saturated rings. The number of likely N-dealkylation sites (tertiary alicyclic amines) is 1. The minimum Gasteiger partial charge on any atom is -0.356 e. The van der Waals surface area contributed by atoms with Crippen LogP contribution >= 0.6 is 11.6 Å². The van der Waals surface area contributed by atoms with E-state index in [1.54, 1.807) is 0 Å². The van der Waals surface area contributed by atoms with Crippen molar-refractivity contribution in [3.8, 4) is 0 Å². The summed E-state index contributed by atoms with van der Waals surface area (Å²) in [6, 6.07) is 7.60. The van der Waals surface area contributed by atoms with Crippen molar-refractivity contribution in [1.29, 1.82) is 0 Å². The summed E-state index contributed by atoms with van der Waals surface area (Å²) < 4.78 is 0. The summed E-state index contributed by atoms with van der Waals surface area (Å²) in [5, 5.41) is 6.32. The van der Waals surface area contributed by atoms with Gasteiger partial charge in [0.25, 0.3) is 0 Å². The first-order chi connectivity index (χ1) is 11.1. The normalized spacial score (nSPS) is 17.1. The number of carbonyl (C=O) groups excluding carboxylic acids is 2. The molecule has 2 N–H and O–H groups in total. The molecule has 1 aliphatic rings. The van der Waals surface area contributed by atoms with Crippen LogP contribution in [-0.4, -0.2) is 36.5 Å². The Bertz CT molecular complexity index is 550. The fraction of sp³-hybridized carbons (Fsp3) is 0.529. The lowest BCUT2D eigenvalue weighted by atomic mass is 10.1. The van der Waals surface area contributed by atoms with Gasteiger partial charge in [-0.25, -0.2) is 4.79 Å². The Morgan fingerprint density at radius 3 is 2.87 bits per heavy atom. The number of nitrogens with zero attached hydrogens (tertiary/aromatic N) is 1. The van der Waals surface area contributed by atoms with Crippen molar-refractivity contribution in [2.24, 2.45) is 0 Å². The second-order valence-electron chi connectivity index (χ2n) is 5.74. The van der Waals surface area contributed by atoms with E-state index in [1.165, 1.54) is 0 Å². The molecule has 0 aromatic heterocycles. The molecule has 0 aliphatic carbocycles. The predicted molar refractivity (Wildman–Crippen MR) is 91.4 cm³/mol. The highest BCUT2D eigenvalue weighted by Gasteiger charge is 2.29. The van der Waals surface area contributed by atoms with Crippen molar-refractivity contribution in [2.45, 2.75) is 38.6 Å². The van der Waals surface area contributed by atoms with Crippen molar-refractivity contribution >= 4 is 23.5 Å². The zero-order valence-electron chi connectivity index (χ0n) is 13.5. The van der Waals surface area contributed by atoms with Gasteiger partial charge in [0.2, 0.25) is 5.91 Å². The SMILES string of the molecule is CCCNC(=O)CCNC(=O)N1CCCC1c1cccc(Cl)c1. The van der Waals surface area contributed by atoms with Crippen LogP contribution in [-0.2, 0) is 4.79 Å². The molecule has 0 saturated carbocycles. The Kier molecular flexibility index (Phi) is 6.71. The van der Waals surface area contributed by atoms with E-state index in [0.717, 1.165) is 31.4 Å². The molecule has 0 radical (unpaired) electrons. The summed E-state index contributed by atoms with van der Waals surface area (Å²) in [4.78, 5) is 25.7. The number of hydrogen-bond donors (Lipinski definition) is 2. The van der Waals surface area contributed by atoms with Gasteiger partial charge in [0.05, 0.1) is 6.04 Å². The highest BCUT2D eigenvalue weighted by molar-refractivity contribution is 6.30. The molecule has 1 heterocycles. The van der Waals surface area contributed by atoms with Crippen LogP contribution in [0.3, 0.4) is 0 Å². The minimum absolute atomic E-state index is 0.0278. The molecule has 0 bridgehead atoms. The molecule has 3 amide bonds. The van der Waals surface area contributed by atoms with Crippen molar-refractivity contribution < 1.29 is 9.59 Å². The van der Waals surface area contributed by atoms with Crippen LogP contribution < -0.4 is 10.6 Å². The van der Waals surface area contributed by atoms with Crippen LogP contribution in [0.2, 0.25) is 5.02 Å². The highest BCUT2D eigenvalue weighted by Crippen LogP contribution is 2.32. The maximum absolute atomic E-state index is 12.4. The van der Waals surface area contributed by atoms with E-state index in [0.29, 0.717) is 24.5 Å². The van der Waals surface area contributed by atoms with Crippen LogP contribution in [0.4, 0.5) is 4.79 Å². The van der Waals surface area contributed by atoms with Gasteiger partial charge in [0, 0.05) is 31.1 Å². The first-order valence-electron chi connectivity index (χ1n) is 8.18. The van der Waals surface area contributed by atoms with Gasteiger partial charge in [-0.2, -0.15) is 0 Å². The van der Waals surface area contributed by atoms with Crippen LogP contribution in [0.1, 0.15) is 44.2 Å². The number of carbonyl (C=O) groups is 2. The monoisotopic (exact) mass is 337 g/mol. The Morgan fingerprint density at radius 1 is 1.30 bits per heavy atom. The number of hydrogen-bond acceptors (Lipinski definition) is 2. The molecule has 6 heteroatoms. The van der Waals surface area contributed by atoms with Crippen LogP contribution in [0.25, 0.3) is 0 Å². The van der Waals surface area contributed by atoms with Crippen molar-refractivity contribution in [1.82, 2.24) is 15.5 Å². The van der Waals surface area contributed by atoms with Gasteiger partial charge >= 0.3 is 6.03 Å². The van der Waals surface area contributed by atoms with Crippen LogP contribution in [0, 0.1) is 0 Å². The van der Waals surface area contributed by atoms with Crippen molar-refractivity contribution in [3.63, 3.8) is 0 Å². The third-order valence-corrected chi connectivity index (χ3v) is 4.18. The molecule has 0 spiro atoms. The summed E-state index contributed by atoms with van der Waals surface area (Å²) >= 11 is 6.05. The molecule has 1 unspecified atom stereocenters. The fourth-order valence-corrected chi connectivity index (χ4v) is 3.01. The summed E-state index contributed by atoms with van der Waals surface area (Å²) in [6.07, 6.45) is 3.13. The molecular weight excluding hydrogens is 314 g/mol. The number of benzene rings is 1. The van der Waals surface area contributed by atoms with E-state index in [9.17, 15) is 9.59 Å². The van der Waals surface area contributed by atoms with Gasteiger partial charge in [0.1, 0.15) is 0 Å². The summed E-state index contributed by atoms with van der Waals surface area (Å²) in [5.74, 6) is -0.0278. The molecule has 126 valence electrons. The zero-order chi connectivity index (χ0) is 16.7. The maximum Gasteiger partial charge on any atom is 0.317 e. The van der Waals surface area contributed by atoms with E-state index in [1.807, 2.05) is 36.1 Å². The van der Waals surface area contributed by atoms with Gasteiger partial charge in [-0.3, -0.25) is 4.79 Å². The van der Waals surface area contributed by atoms with Crippen molar-refractivity contribution in [2.75, 3.05) is 19.6 Å². The number of rotatable bonds is 6. The summed E-state index contributed by atoms with van der Waals surface area (Å²) in [5.41, 5.74) is 1.06. The molecule has 2 rings (SSSR count). The molecule has 1 saturated heterocycles. The van der Waals surface area contributed by atoms with Crippen LogP contribution in [0.15, 0.2) is 24.3 Å². The third kappa shape index (κ3) is 5.13. The molecule has 5 nitrogen and oxygen atoms in total. The van der Waals surface area contributed by atoms with Gasteiger partial charge in [0.15, 0.2) is 0 Å². The fourth-order valence-electron chi connectivity index (χ4n) is 2.81. The second-order valence-corrected chi connectivity index (χ2v) is 6.17. The van der Waals surface area contributed by atoms with E-state index in [4.69, 9.17) is 11.6 Å². The van der Waals surface area contributed by atoms with Gasteiger partial charge in [-0.15, -0.1) is 0 Å². The Morgan fingerprint density at radius 2 is 2.13 bits per heavy atom. The second kappa shape index (κ2) is 8.77. The number of halogens is 1. The Labute approximate surface area is 142 Å². The predicted octanol–water partition coefficient (Wildman–Crippen LogP) is 3.10. The molecule has 1 atom stereocenters. The first kappa shape index (κ1) is 17.6. The van der Waals surface area contributed by atoms with E-state index in [2.05, 4.69) is 10.6 Å². The Hall–Kier alpha value is -1.75. The lowest BCUT2D eigenvalue weighted by molar-refractivity contribution is -0.120. The molecular formula is C17H24ClN3O2. The summed E-state index contributed by atoms with van der Waals surface area (Å²) in [7, 11) is 0. The number of urea groups is 1. The molecule has 1 aromatic carbocycles. The molecule has 23 heavy (non-hydrogen) atoms. The number of nitrogens with one attached hydrogen (secondary N) is 2. The van der Waals surface area contributed by atoms with E-state index < -0.39 is 0 Å². The maximum atomic E-state index is 12.4. The van der Waals surface area contributed by atoms with Crippen LogP contribution in [0.5, 0.6) is 0 Å². The lowest BCUT2D eigenvalue weighted by Gasteiger charge is -2.25. The van der Waals surface area contributed by atoms with Gasteiger partial charge in [-0.05, 0) is 37.0 Å². The number of amides is 3. The Balaban J connectivity index is 1.85. The average molecular weight is 338 g/mol. The zero-order valence-corrected chi connectivity index (χ0v) is 14.2. The quantitative estimate of drug-likeness (QED) is 0.838. The first-order valence-corrected chi connectivity index (χ1v) is 8.56. The van der Waals surface area contributed by atoms with Gasteiger partial charge < -0.3 is 15.5 Å². The smallest absolute Gasteiger partial charge is 0.317 e. The molecule has 1 aromatic rings. The van der Waals surface area contributed by atoms with E-state index in [-0.39, 0.29) is 18.0 Å². The highest BCUT2D eigenvalue weighted by atomic mass is 35.5. The summed E-state index contributed by atoms with van der Waals surface area (Å²) in [6.45, 7) is 3.76. The average Bonchev–Trinajstić information content (AvgIpc) is 3.02. The minimum atomic E-state index is -0.115. The largest absolute Gasteiger partial charge is 0.356 e. The van der Waals surface area contributed by atoms with Crippen molar-refractivity contribution in [3.05, 3.63) is 34.9 Å². The third-order valence-electron chi connectivity index (χ3n) is 3.95. The lowest BCUT2D eigenvalue weighted by Crippen LogP contribution is -2.41.